The lowest BCUT2D eigenvalue weighted by Gasteiger charge is -2.35. The predicted molar refractivity (Wildman–Crippen MR) is 114 cm³/mol. The van der Waals surface area contributed by atoms with Gasteiger partial charge in [0.1, 0.15) is 0 Å². The van der Waals surface area contributed by atoms with Crippen LogP contribution in [0.25, 0.3) is 0 Å². The summed E-state index contributed by atoms with van der Waals surface area (Å²) in [6, 6.07) is 6.83. The predicted octanol–water partition coefficient (Wildman–Crippen LogP) is 1.75. The molecule has 1 heterocycles. The molecule has 10 heteroatoms. The number of halogens is 2. The lowest BCUT2D eigenvalue weighted by atomic mass is 9.77. The van der Waals surface area contributed by atoms with Gasteiger partial charge in [-0.05, 0) is 59.9 Å². The lowest BCUT2D eigenvalue weighted by molar-refractivity contribution is -0.124. The molecule has 0 radical (unpaired) electrons. The molecule has 2 bridgehead atoms. The van der Waals surface area contributed by atoms with Crippen molar-refractivity contribution in [2.24, 2.45) is 29.4 Å². The number of fused-ring (bicyclic) bond motifs is 2. The number of benzene rings is 1. The number of nitrogens with one attached hydrogen (secondary N) is 2. The van der Waals surface area contributed by atoms with E-state index in [1.807, 2.05) is 12.1 Å². The van der Waals surface area contributed by atoms with Gasteiger partial charge in [0.2, 0.25) is 17.1 Å². The number of primary amides is 1. The molecule has 4 rings (SSSR count). The molecule has 0 spiro atoms. The normalized spacial score (nSPS) is 26.6. The molecule has 2 amide bonds. The Balaban J connectivity index is 1.42. The van der Waals surface area contributed by atoms with Crippen LogP contribution in [0.5, 0.6) is 0 Å². The second-order valence-corrected chi connectivity index (χ2v) is 8.65. The third-order valence-electron chi connectivity index (χ3n) is 6.37. The summed E-state index contributed by atoms with van der Waals surface area (Å²) >= 11 is 5.79. The average molecular weight is 447 g/mol. The highest BCUT2D eigenvalue weighted by Crippen LogP contribution is 2.52. The Morgan fingerprint density at radius 1 is 1.29 bits per heavy atom. The highest BCUT2D eigenvalue weighted by atomic mass is 35.5. The van der Waals surface area contributed by atoms with Gasteiger partial charge in [-0.15, -0.1) is 0 Å². The van der Waals surface area contributed by atoms with Crippen LogP contribution < -0.4 is 22.1 Å². The first kappa shape index (κ1) is 21.3. The largest absolute Gasteiger partial charge is 0.399 e. The molecule has 31 heavy (non-hydrogen) atoms. The third-order valence-corrected chi connectivity index (χ3v) is 6.55. The van der Waals surface area contributed by atoms with E-state index in [9.17, 15) is 14.0 Å². The van der Waals surface area contributed by atoms with Crippen LogP contribution in [-0.4, -0.2) is 34.4 Å². The second kappa shape index (κ2) is 8.66. The Hall–Kier alpha value is -2.94. The van der Waals surface area contributed by atoms with Crippen molar-refractivity contribution in [1.82, 2.24) is 15.3 Å². The monoisotopic (exact) mass is 446 g/mol. The van der Waals surface area contributed by atoms with Crippen molar-refractivity contribution in [1.29, 1.82) is 0 Å². The molecular formula is C21H24ClFN6O2. The molecule has 5 atom stereocenters. The molecular weight excluding hydrogens is 423 g/mol. The number of carbonyl (C=O) groups is 2. The number of anilines is 2. The summed E-state index contributed by atoms with van der Waals surface area (Å²) in [5, 5.41) is 5.93. The Morgan fingerprint density at radius 2 is 2.10 bits per heavy atom. The first-order chi connectivity index (χ1) is 14.8. The van der Waals surface area contributed by atoms with Crippen LogP contribution in [0, 0.1) is 29.5 Å². The van der Waals surface area contributed by atoms with E-state index in [0.717, 1.165) is 24.6 Å². The zero-order valence-corrected chi connectivity index (χ0v) is 17.5. The van der Waals surface area contributed by atoms with E-state index < -0.39 is 17.6 Å². The van der Waals surface area contributed by atoms with E-state index >= 15 is 0 Å². The van der Waals surface area contributed by atoms with Crippen LogP contribution in [-0.2, 0) is 16.0 Å². The number of amides is 2. The topological polar surface area (TPSA) is 136 Å². The van der Waals surface area contributed by atoms with Crippen molar-refractivity contribution in [3.63, 3.8) is 0 Å². The third kappa shape index (κ3) is 4.56. The maximum absolute atomic E-state index is 14.2. The van der Waals surface area contributed by atoms with Crippen LogP contribution >= 0.6 is 11.6 Å². The molecule has 0 unspecified atom stereocenters. The molecule has 6 N–H and O–H groups in total. The molecule has 2 aliphatic carbocycles. The molecule has 2 aromatic rings. The highest BCUT2D eigenvalue weighted by molar-refractivity contribution is 6.28. The van der Waals surface area contributed by atoms with Gasteiger partial charge in [-0.25, -0.2) is 9.37 Å². The van der Waals surface area contributed by atoms with Gasteiger partial charge in [0.25, 0.3) is 0 Å². The number of nitrogen functional groups attached to an aromatic ring is 1. The zero-order valence-electron chi connectivity index (χ0n) is 16.7. The summed E-state index contributed by atoms with van der Waals surface area (Å²) < 4.78 is 14.2. The van der Waals surface area contributed by atoms with Crippen molar-refractivity contribution in [3.8, 4) is 0 Å². The van der Waals surface area contributed by atoms with E-state index in [1.165, 1.54) is 0 Å². The number of nitrogens with two attached hydrogens (primary N) is 2. The zero-order chi connectivity index (χ0) is 22.1. The van der Waals surface area contributed by atoms with Crippen molar-refractivity contribution in [2.45, 2.75) is 25.3 Å². The van der Waals surface area contributed by atoms with Crippen LogP contribution in [0.2, 0.25) is 5.28 Å². The summed E-state index contributed by atoms with van der Waals surface area (Å²) in [5.41, 5.74) is 12.9. The fraction of sp³-hybridized carbons (Fsp3) is 0.429. The first-order valence-electron chi connectivity index (χ1n) is 10.2. The molecule has 2 aliphatic rings. The maximum atomic E-state index is 14.2. The molecule has 8 nitrogen and oxygen atoms in total. The summed E-state index contributed by atoms with van der Waals surface area (Å²) in [4.78, 5) is 32.0. The van der Waals surface area contributed by atoms with E-state index in [4.69, 9.17) is 23.1 Å². The van der Waals surface area contributed by atoms with Gasteiger partial charge in [0.05, 0.1) is 18.5 Å². The van der Waals surface area contributed by atoms with Gasteiger partial charge in [0, 0.05) is 18.3 Å². The standard InChI is InChI=1S/C21H24ClFN6O2/c22-21-27-9-15(23)20(29-21)28-18-14-7-11(17(18)19(25)31)6-12(14)8-26-16(30)5-10-2-1-3-13(24)4-10/h1-4,9,11-12,14,17-18H,5-8,24H2,(H2,25,31)(H,26,30)(H,27,28,29)/t11-,12-,14+,17-,18+/m0/s1. The fourth-order valence-electron chi connectivity index (χ4n) is 5.14. The average Bonchev–Trinajstić information content (AvgIpc) is 3.27. The quantitative estimate of drug-likeness (QED) is 0.378. The Bertz CT molecular complexity index is 1010. The van der Waals surface area contributed by atoms with Gasteiger partial charge in [-0.3, -0.25) is 9.59 Å². The van der Waals surface area contributed by atoms with Crippen LogP contribution in [0.3, 0.4) is 0 Å². The van der Waals surface area contributed by atoms with Gasteiger partial charge < -0.3 is 22.1 Å². The van der Waals surface area contributed by atoms with Crippen LogP contribution in [0.1, 0.15) is 18.4 Å². The van der Waals surface area contributed by atoms with Crippen molar-refractivity contribution in [3.05, 3.63) is 47.1 Å². The fourth-order valence-corrected chi connectivity index (χ4v) is 5.27. The summed E-state index contributed by atoms with van der Waals surface area (Å²) in [6.07, 6.45) is 2.78. The molecule has 1 aromatic heterocycles. The van der Waals surface area contributed by atoms with Gasteiger partial charge in [-0.2, -0.15) is 4.98 Å². The van der Waals surface area contributed by atoms with E-state index in [2.05, 4.69) is 20.6 Å². The Morgan fingerprint density at radius 3 is 2.84 bits per heavy atom. The number of rotatable bonds is 7. The number of aromatic nitrogens is 2. The molecule has 0 saturated heterocycles. The van der Waals surface area contributed by atoms with Gasteiger partial charge in [0.15, 0.2) is 11.6 Å². The van der Waals surface area contributed by atoms with E-state index in [1.54, 1.807) is 12.1 Å². The van der Waals surface area contributed by atoms with Gasteiger partial charge >= 0.3 is 0 Å². The number of hydrogen-bond acceptors (Lipinski definition) is 6. The Labute approximate surface area is 184 Å². The van der Waals surface area contributed by atoms with Crippen LogP contribution in [0.4, 0.5) is 15.9 Å². The minimum absolute atomic E-state index is 0.0447. The Kier molecular flexibility index (Phi) is 5.95. The highest BCUT2D eigenvalue weighted by Gasteiger charge is 2.54. The number of hydrogen-bond donors (Lipinski definition) is 4. The minimum Gasteiger partial charge on any atom is -0.399 e. The SMILES string of the molecule is NC(=O)[C@H]1[C@H]2C[C@@H](CNC(=O)Cc3cccc(N)c3)[C@@H](C2)[C@H]1Nc1nc(Cl)ncc1F. The van der Waals surface area contributed by atoms with Crippen molar-refractivity contribution < 1.29 is 14.0 Å². The van der Waals surface area contributed by atoms with Crippen molar-refractivity contribution >= 4 is 34.9 Å². The summed E-state index contributed by atoms with van der Waals surface area (Å²) in [7, 11) is 0. The molecule has 0 aliphatic heterocycles. The molecule has 164 valence electrons. The smallest absolute Gasteiger partial charge is 0.224 e. The first-order valence-corrected chi connectivity index (χ1v) is 10.5. The summed E-state index contributed by atoms with van der Waals surface area (Å²) in [6.45, 7) is 0.471. The van der Waals surface area contributed by atoms with Crippen molar-refractivity contribution in [2.75, 3.05) is 17.6 Å². The van der Waals surface area contributed by atoms with E-state index in [-0.39, 0.29) is 47.2 Å². The molecule has 1 aromatic carbocycles. The summed E-state index contributed by atoms with van der Waals surface area (Å²) in [5.74, 6) is -1.39. The number of nitrogens with zero attached hydrogens (tertiary/aromatic N) is 2. The second-order valence-electron chi connectivity index (χ2n) is 8.32. The number of carbonyl (C=O) groups excluding carboxylic acids is 2. The van der Waals surface area contributed by atoms with Gasteiger partial charge in [-0.1, -0.05) is 12.1 Å². The molecule has 2 fully saturated rings. The molecule has 2 saturated carbocycles. The minimum atomic E-state index is -0.651. The maximum Gasteiger partial charge on any atom is 0.224 e. The van der Waals surface area contributed by atoms with E-state index in [0.29, 0.717) is 12.2 Å². The lowest BCUT2D eigenvalue weighted by Crippen LogP contribution is -2.47. The van der Waals surface area contributed by atoms with Crippen LogP contribution in [0.15, 0.2) is 30.5 Å².